The fourth-order valence-corrected chi connectivity index (χ4v) is 3.57. The van der Waals surface area contributed by atoms with Gasteiger partial charge in [0.05, 0.1) is 18.5 Å². The van der Waals surface area contributed by atoms with Gasteiger partial charge in [-0.25, -0.2) is 4.98 Å². The van der Waals surface area contributed by atoms with Crippen LogP contribution in [0, 0.1) is 0 Å². The standard InChI is InChI=1S/C22H26N4O/c1-2-7-12-18(11-6-1)24-21-15-20(17-9-4-3-5-10-17)25-22(26-21)23-16-19-13-8-14-27-19/h3-5,8-10,13-15,18H,1-2,6-7,11-12,16H2,(H2,23,24,25,26). The maximum atomic E-state index is 5.40. The van der Waals surface area contributed by atoms with Crippen molar-refractivity contribution < 1.29 is 4.42 Å². The van der Waals surface area contributed by atoms with Gasteiger partial charge in [0.2, 0.25) is 5.95 Å². The van der Waals surface area contributed by atoms with Crippen LogP contribution in [-0.4, -0.2) is 16.0 Å². The number of nitrogens with zero attached hydrogens (tertiary/aromatic N) is 2. The summed E-state index contributed by atoms with van der Waals surface area (Å²) in [6.45, 7) is 0.564. The van der Waals surface area contributed by atoms with Crippen molar-refractivity contribution in [3.63, 3.8) is 0 Å². The molecular weight excluding hydrogens is 336 g/mol. The number of benzene rings is 1. The molecule has 0 aliphatic heterocycles. The van der Waals surface area contributed by atoms with E-state index in [1.807, 2.05) is 30.3 Å². The van der Waals surface area contributed by atoms with Crippen LogP contribution in [0.1, 0.15) is 44.3 Å². The lowest BCUT2D eigenvalue weighted by Crippen LogP contribution is -2.19. The summed E-state index contributed by atoms with van der Waals surface area (Å²) in [5, 5.41) is 6.94. The van der Waals surface area contributed by atoms with Crippen LogP contribution in [0.25, 0.3) is 11.3 Å². The number of hydrogen-bond acceptors (Lipinski definition) is 5. The molecule has 4 rings (SSSR count). The molecule has 2 heterocycles. The highest BCUT2D eigenvalue weighted by molar-refractivity contribution is 5.64. The zero-order chi connectivity index (χ0) is 18.3. The summed E-state index contributed by atoms with van der Waals surface area (Å²) < 4.78 is 5.40. The topological polar surface area (TPSA) is 63.0 Å². The molecule has 0 atom stereocenters. The van der Waals surface area contributed by atoms with Gasteiger partial charge >= 0.3 is 0 Å². The SMILES string of the molecule is c1ccc(-c2cc(NC3CCCCCC3)nc(NCc3ccco3)n2)cc1. The Balaban J connectivity index is 1.57. The number of nitrogens with one attached hydrogen (secondary N) is 2. The van der Waals surface area contributed by atoms with Crippen molar-refractivity contribution in [1.29, 1.82) is 0 Å². The molecule has 0 spiro atoms. The molecule has 1 aromatic carbocycles. The molecule has 0 radical (unpaired) electrons. The lowest BCUT2D eigenvalue weighted by atomic mass is 10.1. The molecule has 3 aromatic rings. The van der Waals surface area contributed by atoms with Gasteiger partial charge in [0.15, 0.2) is 0 Å². The highest BCUT2D eigenvalue weighted by Gasteiger charge is 2.14. The summed E-state index contributed by atoms with van der Waals surface area (Å²) in [5.74, 6) is 2.36. The third kappa shape index (κ3) is 4.88. The Labute approximate surface area is 160 Å². The molecule has 0 bridgehead atoms. The molecule has 27 heavy (non-hydrogen) atoms. The Bertz CT molecular complexity index is 825. The van der Waals surface area contributed by atoms with Gasteiger partial charge in [0.1, 0.15) is 11.6 Å². The van der Waals surface area contributed by atoms with Crippen LogP contribution in [0.4, 0.5) is 11.8 Å². The van der Waals surface area contributed by atoms with E-state index in [0.717, 1.165) is 22.8 Å². The van der Waals surface area contributed by atoms with Crippen LogP contribution >= 0.6 is 0 Å². The van der Waals surface area contributed by atoms with Crippen LogP contribution in [0.5, 0.6) is 0 Å². The van der Waals surface area contributed by atoms with Gasteiger partial charge in [-0.3, -0.25) is 0 Å². The first-order valence-electron chi connectivity index (χ1n) is 9.84. The van der Waals surface area contributed by atoms with Crippen molar-refractivity contribution in [1.82, 2.24) is 9.97 Å². The van der Waals surface area contributed by atoms with Gasteiger partial charge in [0.25, 0.3) is 0 Å². The molecule has 1 aliphatic rings. The van der Waals surface area contributed by atoms with E-state index in [-0.39, 0.29) is 0 Å². The first-order chi connectivity index (χ1) is 13.4. The van der Waals surface area contributed by atoms with Crippen LogP contribution in [-0.2, 0) is 6.54 Å². The lowest BCUT2D eigenvalue weighted by Gasteiger charge is -2.18. The molecular formula is C22H26N4O. The molecule has 0 unspecified atom stereocenters. The predicted molar refractivity (Wildman–Crippen MR) is 109 cm³/mol. The Morgan fingerprint density at radius 1 is 0.926 bits per heavy atom. The Morgan fingerprint density at radius 3 is 2.48 bits per heavy atom. The van der Waals surface area contributed by atoms with Gasteiger partial charge in [-0.2, -0.15) is 4.98 Å². The fourth-order valence-electron chi connectivity index (χ4n) is 3.57. The molecule has 140 valence electrons. The number of rotatable bonds is 6. The summed E-state index contributed by atoms with van der Waals surface area (Å²) in [6, 6.07) is 16.6. The minimum atomic E-state index is 0.490. The largest absolute Gasteiger partial charge is 0.467 e. The molecule has 5 heteroatoms. The second-order valence-electron chi connectivity index (χ2n) is 7.09. The summed E-state index contributed by atoms with van der Waals surface area (Å²) >= 11 is 0. The molecule has 0 saturated heterocycles. The first-order valence-corrected chi connectivity index (χ1v) is 9.84. The Kier molecular flexibility index (Phi) is 5.67. The molecule has 2 N–H and O–H groups in total. The number of furan rings is 1. The van der Waals surface area contributed by atoms with E-state index >= 15 is 0 Å². The normalized spacial score (nSPS) is 15.3. The van der Waals surface area contributed by atoms with Crippen LogP contribution in [0.15, 0.2) is 59.2 Å². The third-order valence-corrected chi connectivity index (χ3v) is 5.00. The van der Waals surface area contributed by atoms with E-state index in [9.17, 15) is 0 Å². The summed E-state index contributed by atoms with van der Waals surface area (Å²) in [5.41, 5.74) is 2.01. The molecule has 5 nitrogen and oxygen atoms in total. The number of aromatic nitrogens is 2. The molecule has 1 aliphatic carbocycles. The zero-order valence-electron chi connectivity index (χ0n) is 15.5. The van der Waals surface area contributed by atoms with E-state index in [2.05, 4.69) is 28.8 Å². The van der Waals surface area contributed by atoms with E-state index < -0.39 is 0 Å². The van der Waals surface area contributed by atoms with Crippen molar-refractivity contribution >= 4 is 11.8 Å². The average molecular weight is 362 g/mol. The highest BCUT2D eigenvalue weighted by atomic mass is 16.3. The lowest BCUT2D eigenvalue weighted by molar-refractivity contribution is 0.517. The maximum Gasteiger partial charge on any atom is 0.225 e. The van der Waals surface area contributed by atoms with Gasteiger partial charge in [-0.05, 0) is 25.0 Å². The van der Waals surface area contributed by atoms with Gasteiger partial charge in [-0.1, -0.05) is 56.0 Å². The summed E-state index contributed by atoms with van der Waals surface area (Å²) in [6.07, 6.45) is 9.35. The van der Waals surface area contributed by atoms with E-state index in [1.54, 1.807) is 6.26 Å². The van der Waals surface area contributed by atoms with Gasteiger partial charge in [-0.15, -0.1) is 0 Å². The molecule has 2 aromatic heterocycles. The predicted octanol–water partition coefficient (Wildman–Crippen LogP) is 5.48. The monoisotopic (exact) mass is 362 g/mol. The van der Waals surface area contributed by atoms with Crippen molar-refractivity contribution in [3.8, 4) is 11.3 Å². The fraction of sp³-hybridized carbons (Fsp3) is 0.364. The maximum absolute atomic E-state index is 5.40. The third-order valence-electron chi connectivity index (χ3n) is 5.00. The Hall–Kier alpha value is -2.82. The first kappa shape index (κ1) is 17.6. The van der Waals surface area contributed by atoms with E-state index in [0.29, 0.717) is 18.5 Å². The van der Waals surface area contributed by atoms with E-state index in [1.165, 1.54) is 38.5 Å². The average Bonchev–Trinajstić information content (AvgIpc) is 3.11. The molecule has 0 amide bonds. The summed E-state index contributed by atoms with van der Waals surface area (Å²) in [7, 11) is 0. The second-order valence-corrected chi connectivity index (χ2v) is 7.09. The van der Waals surface area contributed by atoms with Crippen molar-refractivity contribution in [2.45, 2.75) is 51.1 Å². The minimum Gasteiger partial charge on any atom is -0.467 e. The van der Waals surface area contributed by atoms with Crippen LogP contribution in [0.2, 0.25) is 0 Å². The van der Waals surface area contributed by atoms with Crippen molar-refractivity contribution in [3.05, 3.63) is 60.6 Å². The quantitative estimate of drug-likeness (QED) is 0.568. The highest BCUT2D eigenvalue weighted by Crippen LogP contribution is 2.25. The van der Waals surface area contributed by atoms with E-state index in [4.69, 9.17) is 14.4 Å². The molecule has 1 fully saturated rings. The van der Waals surface area contributed by atoms with Crippen LogP contribution in [0.3, 0.4) is 0 Å². The minimum absolute atomic E-state index is 0.490. The van der Waals surface area contributed by atoms with Crippen molar-refractivity contribution in [2.75, 3.05) is 10.6 Å². The van der Waals surface area contributed by atoms with Crippen molar-refractivity contribution in [2.24, 2.45) is 0 Å². The Morgan fingerprint density at radius 2 is 1.74 bits per heavy atom. The molecule has 1 saturated carbocycles. The van der Waals surface area contributed by atoms with Gasteiger partial charge in [0, 0.05) is 17.7 Å². The summed E-state index contributed by atoms with van der Waals surface area (Å²) in [4.78, 5) is 9.42. The van der Waals surface area contributed by atoms with Crippen LogP contribution < -0.4 is 10.6 Å². The number of hydrogen-bond donors (Lipinski definition) is 2. The smallest absolute Gasteiger partial charge is 0.225 e. The number of anilines is 2. The second kappa shape index (κ2) is 8.71. The van der Waals surface area contributed by atoms with Gasteiger partial charge < -0.3 is 15.1 Å². The zero-order valence-corrected chi connectivity index (χ0v) is 15.5.